The monoisotopic (exact) mass is 296 g/mol. The number of carbonyl (C=O) groups is 1. The molecule has 116 valence electrons. The minimum absolute atomic E-state index is 0.159. The Balaban J connectivity index is 1.77. The fourth-order valence-electron chi connectivity index (χ4n) is 3.51. The van der Waals surface area contributed by atoms with Gasteiger partial charge in [-0.05, 0) is 43.0 Å². The molecule has 1 aromatic carbocycles. The van der Waals surface area contributed by atoms with Crippen molar-refractivity contribution in [3.63, 3.8) is 0 Å². The Bertz CT molecular complexity index is 625. The van der Waals surface area contributed by atoms with E-state index in [0.29, 0.717) is 6.54 Å². The number of carbonyl (C=O) groups excluding carboxylic acids is 1. The first-order valence-corrected chi connectivity index (χ1v) is 8.19. The van der Waals surface area contributed by atoms with Crippen molar-refractivity contribution >= 4 is 5.91 Å². The number of nitrogens with zero attached hydrogens (tertiary/aromatic N) is 1. The summed E-state index contributed by atoms with van der Waals surface area (Å²) >= 11 is 0. The van der Waals surface area contributed by atoms with Crippen LogP contribution in [0.2, 0.25) is 0 Å². The molecule has 0 spiro atoms. The summed E-state index contributed by atoms with van der Waals surface area (Å²) in [7, 11) is 0. The second kappa shape index (κ2) is 6.39. The molecule has 0 aliphatic heterocycles. The highest BCUT2D eigenvalue weighted by Gasteiger charge is 2.40. The second-order valence-electron chi connectivity index (χ2n) is 6.29. The molecule has 0 atom stereocenters. The molecule has 1 fully saturated rings. The van der Waals surface area contributed by atoms with Crippen molar-refractivity contribution < 1.29 is 4.79 Å². The Morgan fingerprint density at radius 1 is 1.09 bits per heavy atom. The number of rotatable bonds is 4. The zero-order valence-electron chi connectivity index (χ0n) is 13.2. The van der Waals surface area contributed by atoms with Crippen LogP contribution in [0.25, 0.3) is 0 Å². The maximum absolute atomic E-state index is 13.0. The van der Waals surface area contributed by atoms with Gasteiger partial charge in [0.1, 0.15) is 5.54 Å². The summed E-state index contributed by atoms with van der Waals surface area (Å²) in [5.41, 5.74) is 2.01. The standard InChI is InChI=1S/C19H24N2O/c1-16-9-3-4-10-17(16)15-20-18(22)19(11-5-2-6-12-19)21-13-7-8-14-21/h3-4,7-10,13-14H,2,5-6,11-12,15H2,1H3,(H,20,22). The predicted molar refractivity (Wildman–Crippen MR) is 88.5 cm³/mol. The molecular weight excluding hydrogens is 272 g/mol. The Morgan fingerprint density at radius 3 is 2.45 bits per heavy atom. The van der Waals surface area contributed by atoms with Crippen LogP contribution in [-0.4, -0.2) is 10.5 Å². The molecule has 0 bridgehead atoms. The van der Waals surface area contributed by atoms with Crippen LogP contribution in [0, 0.1) is 6.92 Å². The molecule has 2 aromatic rings. The summed E-state index contributed by atoms with van der Waals surface area (Å²) in [6, 6.07) is 12.2. The smallest absolute Gasteiger partial charge is 0.246 e. The van der Waals surface area contributed by atoms with E-state index in [9.17, 15) is 4.79 Å². The molecule has 3 rings (SSSR count). The maximum atomic E-state index is 13.0. The van der Waals surface area contributed by atoms with Gasteiger partial charge in [0.2, 0.25) is 5.91 Å². The summed E-state index contributed by atoms with van der Waals surface area (Å²) < 4.78 is 2.11. The summed E-state index contributed by atoms with van der Waals surface area (Å²) in [6.45, 7) is 2.69. The number of benzene rings is 1. The van der Waals surface area contributed by atoms with Crippen molar-refractivity contribution in [3.8, 4) is 0 Å². The Morgan fingerprint density at radius 2 is 1.77 bits per heavy atom. The third-order valence-corrected chi connectivity index (χ3v) is 4.90. The Hall–Kier alpha value is -2.03. The summed E-state index contributed by atoms with van der Waals surface area (Å²) in [5.74, 6) is 0.159. The van der Waals surface area contributed by atoms with Gasteiger partial charge in [-0.15, -0.1) is 0 Å². The van der Waals surface area contributed by atoms with Gasteiger partial charge in [-0.2, -0.15) is 0 Å². The number of hydrogen-bond donors (Lipinski definition) is 1. The second-order valence-corrected chi connectivity index (χ2v) is 6.29. The van der Waals surface area contributed by atoms with Crippen LogP contribution in [0.1, 0.15) is 43.2 Å². The highest BCUT2D eigenvalue weighted by atomic mass is 16.2. The van der Waals surface area contributed by atoms with Crippen LogP contribution in [0.15, 0.2) is 48.8 Å². The van der Waals surface area contributed by atoms with Crippen molar-refractivity contribution in [2.24, 2.45) is 0 Å². The average molecular weight is 296 g/mol. The first-order chi connectivity index (χ1) is 10.7. The molecule has 1 aliphatic rings. The maximum Gasteiger partial charge on any atom is 0.246 e. The molecule has 3 heteroatoms. The van der Waals surface area contributed by atoms with E-state index < -0.39 is 5.54 Å². The molecular formula is C19H24N2O. The van der Waals surface area contributed by atoms with Gasteiger partial charge in [-0.25, -0.2) is 0 Å². The van der Waals surface area contributed by atoms with Crippen LogP contribution < -0.4 is 5.32 Å². The summed E-state index contributed by atoms with van der Waals surface area (Å²) in [5, 5.41) is 3.18. The van der Waals surface area contributed by atoms with Crippen LogP contribution in [0.5, 0.6) is 0 Å². The zero-order chi connectivity index (χ0) is 15.4. The van der Waals surface area contributed by atoms with Gasteiger partial charge in [0.15, 0.2) is 0 Å². The van der Waals surface area contributed by atoms with E-state index in [2.05, 4.69) is 28.9 Å². The first kappa shape index (κ1) is 14.9. The van der Waals surface area contributed by atoms with Crippen molar-refractivity contribution in [2.45, 2.75) is 51.1 Å². The van der Waals surface area contributed by atoms with Crippen LogP contribution >= 0.6 is 0 Å². The van der Waals surface area contributed by atoms with Crippen molar-refractivity contribution in [3.05, 3.63) is 59.9 Å². The number of aromatic nitrogens is 1. The SMILES string of the molecule is Cc1ccccc1CNC(=O)C1(n2cccc2)CCCCC1. The van der Waals surface area contributed by atoms with E-state index in [0.717, 1.165) is 25.7 Å². The highest BCUT2D eigenvalue weighted by Crippen LogP contribution is 2.35. The lowest BCUT2D eigenvalue weighted by Gasteiger charge is -2.37. The summed E-state index contributed by atoms with van der Waals surface area (Å²) in [6.07, 6.45) is 9.39. The minimum Gasteiger partial charge on any atom is -0.350 e. The van der Waals surface area contributed by atoms with E-state index in [1.54, 1.807) is 0 Å². The van der Waals surface area contributed by atoms with Crippen LogP contribution in [0.3, 0.4) is 0 Å². The van der Waals surface area contributed by atoms with E-state index in [-0.39, 0.29) is 5.91 Å². The number of aryl methyl sites for hydroxylation is 1. The molecule has 3 nitrogen and oxygen atoms in total. The number of amides is 1. The lowest BCUT2D eigenvalue weighted by Crippen LogP contribution is -2.49. The first-order valence-electron chi connectivity index (χ1n) is 8.19. The quantitative estimate of drug-likeness (QED) is 0.915. The molecule has 0 saturated heterocycles. The number of nitrogens with one attached hydrogen (secondary N) is 1. The summed E-state index contributed by atoms with van der Waals surface area (Å²) in [4.78, 5) is 13.0. The van der Waals surface area contributed by atoms with Crippen molar-refractivity contribution in [2.75, 3.05) is 0 Å². The van der Waals surface area contributed by atoms with Gasteiger partial charge in [0.05, 0.1) is 0 Å². The van der Waals surface area contributed by atoms with E-state index >= 15 is 0 Å². The van der Waals surface area contributed by atoms with Gasteiger partial charge in [-0.1, -0.05) is 43.5 Å². The lowest BCUT2D eigenvalue weighted by atomic mass is 9.80. The van der Waals surface area contributed by atoms with Gasteiger partial charge < -0.3 is 9.88 Å². The van der Waals surface area contributed by atoms with Crippen molar-refractivity contribution in [1.82, 2.24) is 9.88 Å². The van der Waals surface area contributed by atoms with Crippen molar-refractivity contribution in [1.29, 1.82) is 0 Å². The molecule has 1 saturated carbocycles. The highest BCUT2D eigenvalue weighted by molar-refractivity contribution is 5.84. The predicted octanol–water partition coefficient (Wildman–Crippen LogP) is 3.77. The van der Waals surface area contributed by atoms with E-state index in [1.165, 1.54) is 17.5 Å². The molecule has 0 unspecified atom stereocenters. The molecule has 0 radical (unpaired) electrons. The van der Waals surface area contributed by atoms with E-state index in [4.69, 9.17) is 0 Å². The lowest BCUT2D eigenvalue weighted by molar-refractivity contribution is -0.131. The van der Waals surface area contributed by atoms with Gasteiger partial charge >= 0.3 is 0 Å². The topological polar surface area (TPSA) is 34.0 Å². The fourth-order valence-corrected chi connectivity index (χ4v) is 3.51. The molecule has 1 aromatic heterocycles. The average Bonchev–Trinajstić information content (AvgIpc) is 3.09. The Labute approximate surface area is 132 Å². The third kappa shape index (κ3) is 2.80. The molecule has 1 N–H and O–H groups in total. The Kier molecular flexibility index (Phi) is 4.32. The third-order valence-electron chi connectivity index (χ3n) is 4.90. The van der Waals surface area contributed by atoms with Gasteiger partial charge in [0, 0.05) is 18.9 Å². The molecule has 22 heavy (non-hydrogen) atoms. The van der Waals surface area contributed by atoms with Crippen LogP contribution in [0.4, 0.5) is 0 Å². The molecule has 1 aliphatic carbocycles. The minimum atomic E-state index is -0.398. The largest absolute Gasteiger partial charge is 0.350 e. The van der Waals surface area contributed by atoms with Gasteiger partial charge in [-0.3, -0.25) is 4.79 Å². The number of hydrogen-bond acceptors (Lipinski definition) is 1. The molecule has 1 amide bonds. The van der Waals surface area contributed by atoms with Crippen LogP contribution in [-0.2, 0) is 16.9 Å². The fraction of sp³-hybridized carbons (Fsp3) is 0.421. The molecule has 1 heterocycles. The zero-order valence-corrected chi connectivity index (χ0v) is 13.2. The normalized spacial score (nSPS) is 17.1. The van der Waals surface area contributed by atoms with E-state index in [1.807, 2.05) is 36.7 Å². The van der Waals surface area contributed by atoms with Gasteiger partial charge in [0.25, 0.3) is 0 Å².